The van der Waals surface area contributed by atoms with Crippen molar-refractivity contribution in [1.29, 1.82) is 0 Å². The maximum Gasteiger partial charge on any atom is 0.229 e. The number of fused-ring (bicyclic) bond motifs is 4. The number of pyridine rings is 1. The van der Waals surface area contributed by atoms with Crippen LogP contribution in [0.15, 0.2) is 63.6 Å². The summed E-state index contributed by atoms with van der Waals surface area (Å²) in [6.07, 6.45) is 1.70. The van der Waals surface area contributed by atoms with Crippen LogP contribution in [0.25, 0.3) is 44.6 Å². The van der Waals surface area contributed by atoms with Gasteiger partial charge in [0, 0.05) is 22.5 Å². The lowest BCUT2D eigenvalue weighted by atomic mass is 10.1. The Hall–Kier alpha value is -3.34. The second-order valence-electron chi connectivity index (χ2n) is 5.46. The number of ether oxygens (including phenoxy) is 1. The highest BCUT2D eigenvalue weighted by Gasteiger charge is 2.19. The van der Waals surface area contributed by atoms with Crippen LogP contribution in [0.1, 0.15) is 0 Å². The number of nitrogens with zero attached hydrogens (tertiary/aromatic N) is 2. The fourth-order valence-corrected chi connectivity index (χ4v) is 3.03. The molecule has 0 saturated carbocycles. The molecule has 24 heavy (non-hydrogen) atoms. The van der Waals surface area contributed by atoms with Crippen molar-refractivity contribution in [2.24, 2.45) is 0 Å². The highest BCUT2D eigenvalue weighted by atomic mass is 16.5. The minimum Gasteiger partial charge on any atom is -0.493 e. The summed E-state index contributed by atoms with van der Waals surface area (Å²) in [7, 11) is 1.63. The average Bonchev–Trinajstić information content (AvgIpc) is 3.22. The number of hydrogen-bond donors (Lipinski definition) is 0. The smallest absolute Gasteiger partial charge is 0.229 e. The van der Waals surface area contributed by atoms with E-state index in [9.17, 15) is 0 Å². The molecule has 0 N–H and O–H groups in total. The molecule has 0 aliphatic carbocycles. The molecule has 3 heterocycles. The summed E-state index contributed by atoms with van der Waals surface area (Å²) < 4.78 is 17.3. The Balaban J connectivity index is 1.91. The topological polar surface area (TPSA) is 61.3 Å². The normalized spacial score (nSPS) is 11.5. The van der Waals surface area contributed by atoms with E-state index in [1.54, 1.807) is 13.3 Å². The molecule has 0 atom stereocenters. The molecule has 0 fully saturated rings. The van der Waals surface area contributed by atoms with Gasteiger partial charge in [-0.1, -0.05) is 18.2 Å². The molecule has 5 nitrogen and oxygen atoms in total. The zero-order valence-corrected chi connectivity index (χ0v) is 12.8. The van der Waals surface area contributed by atoms with E-state index < -0.39 is 0 Å². The molecule has 116 valence electrons. The number of hydrogen-bond acceptors (Lipinski definition) is 5. The molecule has 0 radical (unpaired) electrons. The number of furan rings is 1. The predicted molar refractivity (Wildman–Crippen MR) is 91.1 cm³/mol. The summed E-state index contributed by atoms with van der Waals surface area (Å²) in [5.41, 5.74) is 3.58. The Bertz CT molecular complexity index is 1170. The molecular formula is C19H12N2O3. The number of oxazole rings is 1. The van der Waals surface area contributed by atoms with Crippen LogP contribution >= 0.6 is 0 Å². The molecule has 5 aromatic rings. The molecule has 0 spiro atoms. The van der Waals surface area contributed by atoms with Gasteiger partial charge in [-0.3, -0.25) is 0 Å². The molecule has 5 heteroatoms. The summed E-state index contributed by atoms with van der Waals surface area (Å²) >= 11 is 0. The third kappa shape index (κ3) is 1.75. The minimum absolute atomic E-state index is 0.517. The van der Waals surface area contributed by atoms with Crippen molar-refractivity contribution in [1.82, 2.24) is 9.97 Å². The van der Waals surface area contributed by atoms with E-state index >= 15 is 0 Å². The monoisotopic (exact) mass is 316 g/mol. The third-order valence-corrected chi connectivity index (χ3v) is 4.11. The zero-order chi connectivity index (χ0) is 16.1. The molecule has 2 aromatic carbocycles. The van der Waals surface area contributed by atoms with Gasteiger partial charge in [-0.2, -0.15) is 4.98 Å². The highest BCUT2D eigenvalue weighted by molar-refractivity contribution is 6.13. The van der Waals surface area contributed by atoms with Crippen LogP contribution in [0, 0.1) is 0 Å². The van der Waals surface area contributed by atoms with Gasteiger partial charge in [-0.05, 0) is 30.3 Å². The number of aromatic nitrogens is 2. The molecule has 0 unspecified atom stereocenters. The predicted octanol–water partition coefficient (Wildman–Crippen LogP) is 4.80. The first kappa shape index (κ1) is 13.1. The van der Waals surface area contributed by atoms with Gasteiger partial charge in [-0.25, -0.2) is 4.98 Å². The molecule has 3 aromatic heterocycles. The molecule has 0 aliphatic heterocycles. The first-order valence-corrected chi connectivity index (χ1v) is 7.55. The lowest BCUT2D eigenvalue weighted by molar-refractivity contribution is 0.412. The zero-order valence-electron chi connectivity index (χ0n) is 12.8. The fraction of sp³-hybridized carbons (Fsp3) is 0.0526. The molecule has 0 bridgehead atoms. The summed E-state index contributed by atoms with van der Waals surface area (Å²) in [5, 5.41) is 1.92. The van der Waals surface area contributed by atoms with Crippen LogP contribution < -0.4 is 4.74 Å². The highest BCUT2D eigenvalue weighted by Crippen LogP contribution is 2.41. The van der Waals surface area contributed by atoms with Gasteiger partial charge in [0.1, 0.15) is 5.58 Å². The lowest BCUT2D eigenvalue weighted by Gasteiger charge is -2.03. The minimum atomic E-state index is 0.517. The first-order valence-electron chi connectivity index (χ1n) is 7.55. The van der Waals surface area contributed by atoms with Crippen LogP contribution in [0.5, 0.6) is 5.75 Å². The van der Waals surface area contributed by atoms with E-state index in [0.29, 0.717) is 28.5 Å². The third-order valence-electron chi connectivity index (χ3n) is 4.11. The molecular weight excluding hydrogens is 304 g/mol. The average molecular weight is 316 g/mol. The number of methoxy groups -OCH3 is 1. The summed E-state index contributed by atoms with van der Waals surface area (Å²) in [4.78, 5) is 8.75. The van der Waals surface area contributed by atoms with Crippen molar-refractivity contribution >= 4 is 33.2 Å². The van der Waals surface area contributed by atoms with E-state index in [1.165, 1.54) is 0 Å². The molecule has 5 rings (SSSR count). The Morgan fingerprint density at radius 2 is 1.79 bits per heavy atom. The van der Waals surface area contributed by atoms with Crippen LogP contribution in [-0.2, 0) is 0 Å². The Kier molecular flexibility index (Phi) is 2.64. The van der Waals surface area contributed by atoms with Crippen LogP contribution in [0.2, 0.25) is 0 Å². The lowest BCUT2D eigenvalue weighted by Crippen LogP contribution is -1.85. The number of rotatable bonds is 2. The summed E-state index contributed by atoms with van der Waals surface area (Å²) in [6.45, 7) is 0. The first-order chi connectivity index (χ1) is 11.8. The Morgan fingerprint density at radius 3 is 2.67 bits per heavy atom. The largest absolute Gasteiger partial charge is 0.493 e. The second kappa shape index (κ2) is 4.83. The van der Waals surface area contributed by atoms with Crippen molar-refractivity contribution in [2.45, 2.75) is 0 Å². The maximum atomic E-state index is 6.00. The van der Waals surface area contributed by atoms with Gasteiger partial charge in [0.05, 0.1) is 7.11 Å². The van der Waals surface area contributed by atoms with Gasteiger partial charge in [-0.15, -0.1) is 0 Å². The molecule has 0 saturated heterocycles. The SMILES string of the molecule is COc1ccc(-c2nc3ncccc3o2)c2c1oc1ccccc12. The van der Waals surface area contributed by atoms with Crippen LogP contribution in [-0.4, -0.2) is 17.1 Å². The molecule has 0 amide bonds. The quantitative estimate of drug-likeness (QED) is 0.468. The second-order valence-corrected chi connectivity index (χ2v) is 5.46. The van der Waals surface area contributed by atoms with E-state index in [-0.39, 0.29) is 0 Å². The Morgan fingerprint density at radius 1 is 0.917 bits per heavy atom. The number of para-hydroxylation sites is 1. The molecule has 0 aliphatic rings. The van der Waals surface area contributed by atoms with E-state index in [2.05, 4.69) is 9.97 Å². The van der Waals surface area contributed by atoms with E-state index in [4.69, 9.17) is 13.6 Å². The fourth-order valence-electron chi connectivity index (χ4n) is 3.03. The van der Waals surface area contributed by atoms with E-state index in [1.807, 2.05) is 48.5 Å². The van der Waals surface area contributed by atoms with E-state index in [0.717, 1.165) is 21.9 Å². The van der Waals surface area contributed by atoms with Gasteiger partial charge >= 0.3 is 0 Å². The van der Waals surface area contributed by atoms with Crippen molar-refractivity contribution < 1.29 is 13.6 Å². The van der Waals surface area contributed by atoms with Crippen molar-refractivity contribution in [2.75, 3.05) is 7.11 Å². The standard InChI is InChI=1S/C19H12N2O3/c1-22-14-9-8-12(19-21-18-15(24-19)7-4-10-20-18)16-11-5-2-3-6-13(11)23-17(14)16/h2-10H,1H3. The van der Waals surface area contributed by atoms with Gasteiger partial charge in [0.2, 0.25) is 5.89 Å². The van der Waals surface area contributed by atoms with Crippen molar-refractivity contribution in [3.8, 4) is 17.2 Å². The maximum absolute atomic E-state index is 6.00. The van der Waals surface area contributed by atoms with Crippen LogP contribution in [0.4, 0.5) is 0 Å². The van der Waals surface area contributed by atoms with Gasteiger partial charge in [0.15, 0.2) is 22.6 Å². The van der Waals surface area contributed by atoms with Crippen molar-refractivity contribution in [3.05, 3.63) is 54.7 Å². The summed E-state index contributed by atoms with van der Waals surface area (Å²) in [5.74, 6) is 1.20. The Labute approximate surface area is 136 Å². The van der Waals surface area contributed by atoms with Crippen LogP contribution in [0.3, 0.4) is 0 Å². The van der Waals surface area contributed by atoms with Gasteiger partial charge in [0.25, 0.3) is 0 Å². The number of benzene rings is 2. The summed E-state index contributed by atoms with van der Waals surface area (Å²) in [6, 6.07) is 15.4. The van der Waals surface area contributed by atoms with Gasteiger partial charge < -0.3 is 13.6 Å². The van der Waals surface area contributed by atoms with Crippen molar-refractivity contribution in [3.63, 3.8) is 0 Å².